The van der Waals surface area contributed by atoms with E-state index in [1.54, 1.807) is 18.7 Å². The molecule has 2 atom stereocenters. The Balaban J connectivity index is 3.83. The number of hydrogen-bond acceptors (Lipinski definition) is 6. The zero-order chi connectivity index (χ0) is 14.7. The van der Waals surface area contributed by atoms with Crippen molar-refractivity contribution in [3.05, 3.63) is 0 Å². The summed E-state index contributed by atoms with van der Waals surface area (Å²) in [5.41, 5.74) is 5.72. The highest BCUT2D eigenvalue weighted by atomic mass is 32.2. The molecule has 0 saturated carbocycles. The zero-order valence-electron chi connectivity index (χ0n) is 11.6. The lowest BCUT2D eigenvalue weighted by atomic mass is 10.1. The number of aliphatic hydroxyl groups excluding tert-OH is 1. The molecule has 0 aliphatic rings. The van der Waals surface area contributed by atoms with E-state index >= 15 is 0 Å². The number of carbonyl (C=O) groups excluding carboxylic acids is 2. The molecule has 0 spiro atoms. The number of aliphatic hydroxyl groups is 1. The molecular formula is C12H24N2O4S. The fourth-order valence-corrected chi connectivity index (χ4v) is 2.07. The highest BCUT2D eigenvalue weighted by molar-refractivity contribution is 7.99. The molecule has 0 rings (SSSR count). The fourth-order valence-electron chi connectivity index (χ4n) is 1.34. The van der Waals surface area contributed by atoms with Gasteiger partial charge in [-0.2, -0.15) is 11.8 Å². The fraction of sp³-hybridized carbons (Fsp3) is 0.833. The third kappa shape index (κ3) is 8.85. The molecule has 4 N–H and O–H groups in total. The van der Waals surface area contributed by atoms with Gasteiger partial charge in [0, 0.05) is 12.6 Å². The number of nitrogens with one attached hydrogen (secondary N) is 1. The van der Waals surface area contributed by atoms with Crippen LogP contribution in [0, 0.1) is 0 Å². The first-order chi connectivity index (χ1) is 9.02. The van der Waals surface area contributed by atoms with Crippen molar-refractivity contribution in [1.82, 2.24) is 5.32 Å². The van der Waals surface area contributed by atoms with Crippen LogP contribution in [0.1, 0.15) is 26.7 Å². The zero-order valence-corrected chi connectivity index (χ0v) is 12.4. The van der Waals surface area contributed by atoms with Crippen LogP contribution in [0.5, 0.6) is 0 Å². The van der Waals surface area contributed by atoms with E-state index in [1.165, 1.54) is 0 Å². The second-order valence-corrected chi connectivity index (χ2v) is 5.33. The summed E-state index contributed by atoms with van der Waals surface area (Å²) in [6.45, 7) is 4.21. The maximum absolute atomic E-state index is 11.6. The quantitative estimate of drug-likeness (QED) is 0.383. The van der Waals surface area contributed by atoms with Crippen molar-refractivity contribution in [1.29, 1.82) is 0 Å². The minimum Gasteiger partial charge on any atom is -0.466 e. The third-order valence-corrected chi connectivity index (χ3v) is 3.34. The molecule has 6 nitrogen and oxygen atoms in total. The minimum absolute atomic E-state index is 0.0905. The van der Waals surface area contributed by atoms with E-state index in [0.717, 1.165) is 11.5 Å². The van der Waals surface area contributed by atoms with E-state index in [-0.39, 0.29) is 18.9 Å². The lowest BCUT2D eigenvalue weighted by Crippen LogP contribution is -2.47. The van der Waals surface area contributed by atoms with Crippen molar-refractivity contribution in [3.8, 4) is 0 Å². The molecule has 0 aromatic carbocycles. The second-order valence-electron chi connectivity index (χ2n) is 3.94. The van der Waals surface area contributed by atoms with Gasteiger partial charge in [0.25, 0.3) is 0 Å². The van der Waals surface area contributed by atoms with Gasteiger partial charge in [-0.05, 0) is 24.9 Å². The summed E-state index contributed by atoms with van der Waals surface area (Å²) in [6.07, 6.45) is -0.572. The van der Waals surface area contributed by atoms with E-state index in [0.29, 0.717) is 13.0 Å². The average molecular weight is 292 g/mol. The first-order valence-corrected chi connectivity index (χ1v) is 7.63. The van der Waals surface area contributed by atoms with Crippen molar-refractivity contribution in [3.63, 3.8) is 0 Å². The number of nitrogens with two attached hydrogens (primary N) is 1. The number of esters is 1. The van der Waals surface area contributed by atoms with Gasteiger partial charge in [-0.1, -0.05) is 6.92 Å². The Morgan fingerprint density at radius 1 is 1.42 bits per heavy atom. The number of amides is 1. The Morgan fingerprint density at radius 2 is 2.11 bits per heavy atom. The Morgan fingerprint density at radius 3 is 2.68 bits per heavy atom. The molecule has 0 aliphatic carbocycles. The maximum Gasteiger partial charge on any atom is 0.307 e. The van der Waals surface area contributed by atoms with E-state index in [1.807, 2.05) is 6.92 Å². The van der Waals surface area contributed by atoms with Gasteiger partial charge < -0.3 is 20.9 Å². The van der Waals surface area contributed by atoms with Crippen LogP contribution in [-0.4, -0.2) is 53.8 Å². The van der Waals surface area contributed by atoms with E-state index in [9.17, 15) is 14.7 Å². The van der Waals surface area contributed by atoms with Gasteiger partial charge in [0.2, 0.25) is 5.91 Å². The number of hydrogen-bond donors (Lipinski definition) is 3. The summed E-state index contributed by atoms with van der Waals surface area (Å²) in [7, 11) is 0. The van der Waals surface area contributed by atoms with Gasteiger partial charge in [-0.25, -0.2) is 0 Å². The molecule has 0 radical (unpaired) electrons. The molecule has 1 amide bonds. The van der Waals surface area contributed by atoms with Crippen LogP contribution in [0.15, 0.2) is 0 Å². The summed E-state index contributed by atoms with van der Waals surface area (Å²) in [6, 6.07) is -0.582. The Labute approximate surface area is 118 Å². The smallest absolute Gasteiger partial charge is 0.307 e. The normalized spacial score (nSPS) is 13.7. The number of thioether (sulfide) groups is 1. The Hall–Kier alpha value is -0.790. The predicted octanol–water partition coefficient (Wildman–Crippen LogP) is -0.113. The molecule has 19 heavy (non-hydrogen) atoms. The maximum atomic E-state index is 11.6. The average Bonchev–Trinajstić information content (AvgIpc) is 2.38. The van der Waals surface area contributed by atoms with Crippen LogP contribution in [-0.2, 0) is 14.3 Å². The molecule has 0 saturated heterocycles. The van der Waals surface area contributed by atoms with Gasteiger partial charge >= 0.3 is 5.97 Å². The van der Waals surface area contributed by atoms with Crippen LogP contribution >= 0.6 is 11.8 Å². The summed E-state index contributed by atoms with van der Waals surface area (Å²) < 4.78 is 4.72. The van der Waals surface area contributed by atoms with Crippen LogP contribution in [0.4, 0.5) is 0 Å². The van der Waals surface area contributed by atoms with Gasteiger partial charge in [0.15, 0.2) is 0 Å². The molecule has 0 fully saturated rings. The largest absolute Gasteiger partial charge is 0.466 e. The summed E-state index contributed by atoms with van der Waals surface area (Å²) in [5.74, 6) is 0.874. The van der Waals surface area contributed by atoms with Gasteiger partial charge in [0.1, 0.15) is 6.10 Å². The van der Waals surface area contributed by atoms with Crippen LogP contribution in [0.3, 0.4) is 0 Å². The van der Waals surface area contributed by atoms with Crippen molar-refractivity contribution in [2.45, 2.75) is 38.8 Å². The summed E-state index contributed by atoms with van der Waals surface area (Å²) in [4.78, 5) is 22.6. The van der Waals surface area contributed by atoms with Crippen LogP contribution in [0.2, 0.25) is 0 Å². The molecular weight excluding hydrogens is 268 g/mol. The molecule has 1 unspecified atom stereocenters. The lowest BCUT2D eigenvalue weighted by Gasteiger charge is -2.18. The first kappa shape index (κ1) is 18.2. The number of ether oxygens (including phenoxy) is 1. The monoisotopic (exact) mass is 292 g/mol. The van der Waals surface area contributed by atoms with Gasteiger partial charge in [0.05, 0.1) is 13.0 Å². The second kappa shape index (κ2) is 11.1. The van der Waals surface area contributed by atoms with Crippen molar-refractivity contribution < 1.29 is 19.4 Å². The summed E-state index contributed by atoms with van der Waals surface area (Å²) >= 11 is 1.71. The molecule has 0 aromatic heterocycles. The van der Waals surface area contributed by atoms with Gasteiger partial charge in [-0.3, -0.25) is 9.59 Å². The molecule has 0 aliphatic heterocycles. The summed E-state index contributed by atoms with van der Waals surface area (Å²) in [5, 5.41) is 12.2. The molecule has 0 aromatic rings. The molecule has 7 heteroatoms. The van der Waals surface area contributed by atoms with Crippen molar-refractivity contribution >= 4 is 23.6 Å². The third-order valence-electron chi connectivity index (χ3n) is 2.41. The highest BCUT2D eigenvalue weighted by Gasteiger charge is 2.22. The SMILES string of the molecule is CCOC(=O)CCNC(=O)C(O)[C@H](N)CCSCC. The van der Waals surface area contributed by atoms with E-state index < -0.39 is 18.1 Å². The Kier molecular flexibility index (Phi) is 10.6. The lowest BCUT2D eigenvalue weighted by molar-refractivity contribution is -0.143. The molecule has 112 valence electrons. The van der Waals surface area contributed by atoms with Crippen molar-refractivity contribution in [2.75, 3.05) is 24.7 Å². The molecule has 0 heterocycles. The highest BCUT2D eigenvalue weighted by Crippen LogP contribution is 2.05. The van der Waals surface area contributed by atoms with Crippen molar-refractivity contribution in [2.24, 2.45) is 5.73 Å². The number of rotatable bonds is 10. The van der Waals surface area contributed by atoms with Crippen LogP contribution < -0.4 is 11.1 Å². The van der Waals surface area contributed by atoms with E-state index in [2.05, 4.69) is 5.32 Å². The standard InChI is InChI=1S/C12H24N2O4S/c1-3-18-10(15)5-7-14-12(17)11(16)9(13)6-8-19-4-2/h9,11,16H,3-8,13H2,1-2H3,(H,14,17)/t9-,11?/m1/s1. The minimum atomic E-state index is -1.24. The topological polar surface area (TPSA) is 102 Å². The first-order valence-electron chi connectivity index (χ1n) is 6.47. The van der Waals surface area contributed by atoms with E-state index in [4.69, 9.17) is 10.5 Å². The molecule has 0 bridgehead atoms. The Bertz CT molecular complexity index is 276. The van der Waals surface area contributed by atoms with Gasteiger partial charge in [-0.15, -0.1) is 0 Å². The predicted molar refractivity (Wildman–Crippen MR) is 75.9 cm³/mol. The van der Waals surface area contributed by atoms with Crippen LogP contribution in [0.25, 0.3) is 0 Å². The number of carbonyl (C=O) groups is 2.